The average molecular weight is 271 g/mol. The number of nitrogens with zero attached hydrogens (tertiary/aromatic N) is 2. The van der Waals surface area contributed by atoms with Crippen LogP contribution in [0.5, 0.6) is 0 Å². The maximum Gasteiger partial charge on any atom is 0.266 e. The SMILES string of the molecule is CCNC(Cn1nc(C)ccc1=O)c1ccccc1C. The van der Waals surface area contributed by atoms with Gasteiger partial charge in [0.2, 0.25) is 0 Å². The Morgan fingerprint density at radius 2 is 1.95 bits per heavy atom. The molecule has 0 aliphatic heterocycles. The molecule has 0 saturated carbocycles. The first kappa shape index (κ1) is 14.5. The van der Waals surface area contributed by atoms with E-state index in [1.165, 1.54) is 15.8 Å². The zero-order chi connectivity index (χ0) is 14.5. The summed E-state index contributed by atoms with van der Waals surface area (Å²) in [5.74, 6) is 0. The minimum atomic E-state index is -0.0629. The number of hydrogen-bond donors (Lipinski definition) is 1. The molecule has 1 unspecified atom stereocenters. The minimum Gasteiger partial charge on any atom is -0.309 e. The van der Waals surface area contributed by atoms with Gasteiger partial charge in [0.05, 0.1) is 18.3 Å². The fraction of sp³-hybridized carbons (Fsp3) is 0.375. The predicted octanol–water partition coefficient (Wildman–Crippen LogP) is 2.21. The lowest BCUT2D eigenvalue weighted by molar-refractivity contribution is 0.431. The van der Waals surface area contributed by atoms with E-state index < -0.39 is 0 Å². The van der Waals surface area contributed by atoms with Gasteiger partial charge < -0.3 is 5.32 Å². The number of nitrogens with one attached hydrogen (secondary N) is 1. The van der Waals surface area contributed by atoms with E-state index in [1.807, 2.05) is 19.1 Å². The zero-order valence-electron chi connectivity index (χ0n) is 12.3. The van der Waals surface area contributed by atoms with E-state index in [4.69, 9.17) is 0 Å². The highest BCUT2D eigenvalue weighted by Gasteiger charge is 2.14. The van der Waals surface area contributed by atoms with Crippen LogP contribution >= 0.6 is 0 Å². The topological polar surface area (TPSA) is 46.9 Å². The van der Waals surface area contributed by atoms with Crippen molar-refractivity contribution in [3.05, 3.63) is 63.6 Å². The summed E-state index contributed by atoms with van der Waals surface area (Å²) in [6.07, 6.45) is 0. The first-order chi connectivity index (χ1) is 9.61. The Morgan fingerprint density at radius 1 is 1.20 bits per heavy atom. The Balaban J connectivity index is 2.33. The van der Waals surface area contributed by atoms with E-state index >= 15 is 0 Å². The van der Waals surface area contributed by atoms with Gasteiger partial charge in [-0.1, -0.05) is 31.2 Å². The predicted molar refractivity (Wildman–Crippen MR) is 80.8 cm³/mol. The Morgan fingerprint density at radius 3 is 2.65 bits per heavy atom. The molecule has 0 amide bonds. The zero-order valence-corrected chi connectivity index (χ0v) is 12.3. The van der Waals surface area contributed by atoms with Gasteiger partial charge in [0.15, 0.2) is 0 Å². The van der Waals surface area contributed by atoms with Gasteiger partial charge in [0, 0.05) is 6.07 Å². The maximum absolute atomic E-state index is 11.9. The second kappa shape index (κ2) is 6.48. The molecule has 1 aromatic heterocycles. The summed E-state index contributed by atoms with van der Waals surface area (Å²) in [7, 11) is 0. The fourth-order valence-corrected chi connectivity index (χ4v) is 2.35. The van der Waals surface area contributed by atoms with Gasteiger partial charge >= 0.3 is 0 Å². The van der Waals surface area contributed by atoms with Crippen LogP contribution in [-0.4, -0.2) is 16.3 Å². The van der Waals surface area contributed by atoms with Crippen molar-refractivity contribution < 1.29 is 0 Å². The van der Waals surface area contributed by atoms with Crippen LogP contribution in [-0.2, 0) is 6.54 Å². The van der Waals surface area contributed by atoms with Crippen molar-refractivity contribution in [2.45, 2.75) is 33.4 Å². The lowest BCUT2D eigenvalue weighted by atomic mass is 10.0. The fourth-order valence-electron chi connectivity index (χ4n) is 2.35. The highest BCUT2D eigenvalue weighted by atomic mass is 16.1. The summed E-state index contributed by atoms with van der Waals surface area (Å²) < 4.78 is 1.54. The third-order valence-corrected chi connectivity index (χ3v) is 3.37. The van der Waals surface area contributed by atoms with E-state index in [0.29, 0.717) is 6.54 Å². The highest BCUT2D eigenvalue weighted by molar-refractivity contribution is 5.28. The Bertz CT molecular complexity index is 634. The van der Waals surface area contributed by atoms with Crippen molar-refractivity contribution in [2.24, 2.45) is 0 Å². The standard InChI is InChI=1S/C16H21N3O/c1-4-17-15(14-8-6-5-7-12(14)2)11-19-16(20)10-9-13(3)18-19/h5-10,15,17H,4,11H2,1-3H3. The van der Waals surface area contributed by atoms with Crippen LogP contribution in [0.3, 0.4) is 0 Å². The molecular formula is C16H21N3O. The van der Waals surface area contributed by atoms with Crippen LogP contribution in [0.2, 0.25) is 0 Å². The van der Waals surface area contributed by atoms with Crippen molar-refractivity contribution >= 4 is 0 Å². The lowest BCUT2D eigenvalue weighted by Crippen LogP contribution is -2.32. The van der Waals surface area contributed by atoms with Gasteiger partial charge in [0.25, 0.3) is 5.56 Å². The van der Waals surface area contributed by atoms with Gasteiger partial charge in [-0.05, 0) is 37.6 Å². The van der Waals surface area contributed by atoms with Crippen LogP contribution in [0.15, 0.2) is 41.2 Å². The Labute approximate surface area is 119 Å². The van der Waals surface area contributed by atoms with Crippen molar-refractivity contribution in [1.29, 1.82) is 0 Å². The molecule has 0 spiro atoms. The molecule has 20 heavy (non-hydrogen) atoms. The molecule has 4 heteroatoms. The van der Waals surface area contributed by atoms with Crippen molar-refractivity contribution in [3.8, 4) is 0 Å². The van der Waals surface area contributed by atoms with Crippen LogP contribution in [0.4, 0.5) is 0 Å². The number of rotatable bonds is 5. The van der Waals surface area contributed by atoms with E-state index in [9.17, 15) is 4.79 Å². The first-order valence-electron chi connectivity index (χ1n) is 6.95. The average Bonchev–Trinajstić information content (AvgIpc) is 2.43. The summed E-state index contributed by atoms with van der Waals surface area (Å²) in [6, 6.07) is 11.7. The molecule has 106 valence electrons. The van der Waals surface area contributed by atoms with E-state index in [2.05, 4.69) is 36.4 Å². The Kier molecular flexibility index (Phi) is 4.69. The normalized spacial score (nSPS) is 12.3. The Hall–Kier alpha value is -1.94. The van der Waals surface area contributed by atoms with Crippen LogP contribution in [0, 0.1) is 13.8 Å². The monoisotopic (exact) mass is 271 g/mol. The molecular weight excluding hydrogens is 250 g/mol. The number of hydrogen-bond acceptors (Lipinski definition) is 3. The second-order valence-electron chi connectivity index (χ2n) is 4.96. The van der Waals surface area contributed by atoms with E-state index in [-0.39, 0.29) is 11.6 Å². The quantitative estimate of drug-likeness (QED) is 0.907. The number of aromatic nitrogens is 2. The van der Waals surface area contributed by atoms with E-state index in [0.717, 1.165) is 12.2 Å². The minimum absolute atomic E-state index is 0.0629. The molecule has 2 rings (SSSR count). The van der Waals surface area contributed by atoms with Gasteiger partial charge in [-0.25, -0.2) is 4.68 Å². The summed E-state index contributed by atoms with van der Waals surface area (Å²) in [6.45, 7) is 7.44. The summed E-state index contributed by atoms with van der Waals surface area (Å²) in [4.78, 5) is 11.9. The largest absolute Gasteiger partial charge is 0.309 e. The van der Waals surface area contributed by atoms with Crippen LogP contribution in [0.25, 0.3) is 0 Å². The van der Waals surface area contributed by atoms with Gasteiger partial charge in [-0.3, -0.25) is 4.79 Å². The van der Waals surface area contributed by atoms with Gasteiger partial charge in [0.1, 0.15) is 0 Å². The molecule has 0 bridgehead atoms. The van der Waals surface area contributed by atoms with Crippen molar-refractivity contribution in [2.75, 3.05) is 6.54 Å². The third kappa shape index (κ3) is 3.33. The molecule has 2 aromatic rings. The summed E-state index contributed by atoms with van der Waals surface area (Å²) >= 11 is 0. The van der Waals surface area contributed by atoms with Crippen molar-refractivity contribution in [3.63, 3.8) is 0 Å². The molecule has 1 N–H and O–H groups in total. The molecule has 1 atom stereocenters. The third-order valence-electron chi connectivity index (χ3n) is 3.37. The molecule has 0 saturated heterocycles. The van der Waals surface area contributed by atoms with Crippen molar-refractivity contribution in [1.82, 2.24) is 15.1 Å². The molecule has 0 fully saturated rings. The number of aryl methyl sites for hydroxylation is 2. The molecule has 4 nitrogen and oxygen atoms in total. The highest BCUT2D eigenvalue weighted by Crippen LogP contribution is 2.18. The maximum atomic E-state index is 11.9. The van der Waals surface area contributed by atoms with E-state index in [1.54, 1.807) is 12.1 Å². The molecule has 1 heterocycles. The lowest BCUT2D eigenvalue weighted by Gasteiger charge is -2.20. The number of benzene rings is 1. The molecule has 0 radical (unpaired) electrons. The molecule has 0 aliphatic rings. The smallest absolute Gasteiger partial charge is 0.266 e. The summed E-state index contributed by atoms with van der Waals surface area (Å²) in [5, 5.41) is 7.75. The first-order valence-corrected chi connectivity index (χ1v) is 6.95. The van der Waals surface area contributed by atoms with Gasteiger partial charge in [-0.2, -0.15) is 5.10 Å². The van der Waals surface area contributed by atoms with Gasteiger partial charge in [-0.15, -0.1) is 0 Å². The van der Waals surface area contributed by atoms with Crippen LogP contribution < -0.4 is 10.9 Å². The molecule has 1 aromatic carbocycles. The van der Waals surface area contributed by atoms with Crippen LogP contribution in [0.1, 0.15) is 29.8 Å². The number of likely N-dealkylation sites (N-methyl/N-ethyl adjacent to an activating group) is 1. The summed E-state index contributed by atoms with van der Waals surface area (Å²) in [5.41, 5.74) is 3.22. The second-order valence-corrected chi connectivity index (χ2v) is 4.96. The molecule has 0 aliphatic carbocycles.